The molecule has 0 radical (unpaired) electrons. The summed E-state index contributed by atoms with van der Waals surface area (Å²) < 4.78 is 7.32. The Morgan fingerprint density at radius 1 is 0.862 bits per heavy atom. The summed E-state index contributed by atoms with van der Waals surface area (Å²) in [7, 11) is 0. The topological polar surface area (TPSA) is 53.4 Å². The van der Waals surface area contributed by atoms with Crippen LogP contribution in [0.1, 0.15) is 15.9 Å². The van der Waals surface area contributed by atoms with Crippen LogP contribution in [0.15, 0.2) is 85.5 Å². The second-order valence-corrected chi connectivity index (χ2v) is 6.91. The number of halogens is 2. The monoisotopic (exact) mass is 424 g/mol. The summed E-state index contributed by atoms with van der Waals surface area (Å²) in [5.41, 5.74) is 0.854. The molecule has 144 valence electrons. The van der Waals surface area contributed by atoms with E-state index in [1.165, 1.54) is 4.73 Å². The molecule has 4 aromatic rings. The molecular formula is C22H14Cl2N2O3. The molecule has 4 rings (SSSR count). The van der Waals surface area contributed by atoms with Gasteiger partial charge in [-0.15, -0.1) is 0 Å². The first-order valence-corrected chi connectivity index (χ1v) is 9.38. The average Bonchev–Trinajstić information content (AvgIpc) is 3.24. The number of aromatic nitrogens is 2. The number of nitrogens with zero attached hydrogens (tertiary/aromatic N) is 2. The van der Waals surface area contributed by atoms with Gasteiger partial charge in [-0.05, 0) is 66.7 Å². The van der Waals surface area contributed by atoms with Crippen molar-refractivity contribution in [2.75, 3.05) is 0 Å². The Labute approximate surface area is 177 Å². The minimum Gasteiger partial charge on any atom is -0.457 e. The van der Waals surface area contributed by atoms with E-state index in [1.807, 2.05) is 0 Å². The van der Waals surface area contributed by atoms with Crippen LogP contribution < -0.4 is 9.57 Å². The van der Waals surface area contributed by atoms with E-state index in [4.69, 9.17) is 32.8 Å². The van der Waals surface area contributed by atoms with E-state index < -0.39 is 0 Å². The highest BCUT2D eigenvalue weighted by molar-refractivity contribution is 6.36. The first-order valence-electron chi connectivity index (χ1n) is 8.62. The largest absolute Gasteiger partial charge is 0.457 e. The van der Waals surface area contributed by atoms with Crippen LogP contribution in [-0.4, -0.2) is 15.5 Å². The van der Waals surface area contributed by atoms with Crippen molar-refractivity contribution in [3.63, 3.8) is 0 Å². The predicted octanol–water partition coefficient (Wildman–Crippen LogP) is 6.06. The summed E-state index contributed by atoms with van der Waals surface area (Å²) in [4.78, 5) is 22.1. The Hall–Kier alpha value is -3.28. The smallest absolute Gasteiger partial charge is 0.194 e. The van der Waals surface area contributed by atoms with Crippen molar-refractivity contribution in [1.29, 1.82) is 0 Å². The third-order valence-corrected chi connectivity index (χ3v) is 4.60. The van der Waals surface area contributed by atoms with E-state index in [2.05, 4.69) is 4.98 Å². The lowest BCUT2D eigenvalue weighted by Crippen LogP contribution is -2.02. The molecule has 0 bridgehead atoms. The summed E-state index contributed by atoms with van der Waals surface area (Å²) in [6, 6.07) is 18.8. The van der Waals surface area contributed by atoms with Gasteiger partial charge in [-0.3, -0.25) is 4.79 Å². The Balaban J connectivity index is 1.44. The fraction of sp³-hybridized carbons (Fsp3) is 0. The van der Waals surface area contributed by atoms with Gasteiger partial charge in [0.1, 0.15) is 17.8 Å². The molecule has 0 spiro atoms. The lowest BCUT2D eigenvalue weighted by Gasteiger charge is -2.09. The summed E-state index contributed by atoms with van der Waals surface area (Å²) in [6.07, 6.45) is 4.89. The predicted molar refractivity (Wildman–Crippen MR) is 111 cm³/mol. The van der Waals surface area contributed by atoms with E-state index in [9.17, 15) is 4.79 Å². The Bertz CT molecular complexity index is 1130. The van der Waals surface area contributed by atoms with Crippen molar-refractivity contribution in [3.05, 3.63) is 107 Å². The van der Waals surface area contributed by atoms with Crippen LogP contribution in [0.2, 0.25) is 10.0 Å². The normalized spacial score (nSPS) is 10.6. The molecule has 0 amide bonds. The van der Waals surface area contributed by atoms with E-state index in [0.29, 0.717) is 38.4 Å². The molecule has 0 aliphatic heterocycles. The molecule has 0 aliphatic carbocycles. The number of hydrogen-bond acceptors (Lipinski definition) is 4. The molecule has 3 aromatic carbocycles. The van der Waals surface area contributed by atoms with Crippen molar-refractivity contribution in [2.45, 2.75) is 0 Å². The highest BCUT2D eigenvalue weighted by Crippen LogP contribution is 2.27. The molecule has 0 N–H and O–H groups in total. The fourth-order valence-electron chi connectivity index (χ4n) is 2.63. The van der Waals surface area contributed by atoms with Crippen LogP contribution in [0.5, 0.6) is 17.2 Å². The maximum absolute atomic E-state index is 12.7. The molecular weight excluding hydrogens is 411 g/mol. The lowest BCUT2D eigenvalue weighted by molar-refractivity contribution is 0.103. The van der Waals surface area contributed by atoms with E-state index in [0.717, 1.165) is 0 Å². The van der Waals surface area contributed by atoms with Gasteiger partial charge in [0.05, 0.1) is 11.2 Å². The molecule has 0 fully saturated rings. The van der Waals surface area contributed by atoms with Crippen LogP contribution in [-0.2, 0) is 0 Å². The van der Waals surface area contributed by atoms with Crippen molar-refractivity contribution in [1.82, 2.24) is 9.71 Å². The third-order valence-electron chi connectivity index (χ3n) is 4.04. The van der Waals surface area contributed by atoms with Crippen molar-refractivity contribution in [3.8, 4) is 17.2 Å². The van der Waals surface area contributed by atoms with Gasteiger partial charge >= 0.3 is 0 Å². The van der Waals surface area contributed by atoms with Gasteiger partial charge in [0, 0.05) is 22.3 Å². The van der Waals surface area contributed by atoms with Gasteiger partial charge < -0.3 is 9.57 Å². The van der Waals surface area contributed by atoms with Crippen LogP contribution in [0.4, 0.5) is 0 Å². The Kier molecular flexibility index (Phi) is 5.51. The maximum atomic E-state index is 12.7. The molecule has 29 heavy (non-hydrogen) atoms. The Morgan fingerprint density at radius 3 is 2.17 bits per heavy atom. The fourth-order valence-corrected chi connectivity index (χ4v) is 3.00. The van der Waals surface area contributed by atoms with Gasteiger partial charge in [-0.25, -0.2) is 4.98 Å². The van der Waals surface area contributed by atoms with E-state index >= 15 is 0 Å². The highest BCUT2D eigenvalue weighted by Gasteiger charge is 2.13. The lowest BCUT2D eigenvalue weighted by atomic mass is 10.0. The molecule has 1 heterocycles. The van der Waals surface area contributed by atoms with Crippen molar-refractivity contribution >= 4 is 29.0 Å². The summed E-state index contributed by atoms with van der Waals surface area (Å²) in [6.45, 7) is 0. The summed E-state index contributed by atoms with van der Waals surface area (Å²) >= 11 is 12.1. The standard InChI is InChI=1S/C22H14Cl2N2O3/c23-16-3-10-21(24)20(13-16)22(27)15-1-4-17(5-2-15)28-18-6-8-19(9-7-18)29-26-12-11-25-14-26/h1-14H. The van der Waals surface area contributed by atoms with E-state index in [1.54, 1.807) is 85.5 Å². The van der Waals surface area contributed by atoms with Crippen molar-refractivity contribution < 1.29 is 14.4 Å². The molecule has 7 heteroatoms. The van der Waals surface area contributed by atoms with Crippen LogP contribution in [0, 0.1) is 0 Å². The average molecular weight is 425 g/mol. The number of benzene rings is 3. The quantitative estimate of drug-likeness (QED) is 0.353. The van der Waals surface area contributed by atoms with E-state index in [-0.39, 0.29) is 5.78 Å². The van der Waals surface area contributed by atoms with Crippen LogP contribution in [0.25, 0.3) is 0 Å². The number of imidazole rings is 1. The minimum absolute atomic E-state index is 0.204. The molecule has 1 aromatic heterocycles. The second kappa shape index (κ2) is 8.39. The number of hydrogen-bond donors (Lipinski definition) is 0. The van der Waals surface area contributed by atoms with Gasteiger partial charge in [0.15, 0.2) is 11.5 Å². The third kappa shape index (κ3) is 4.59. The first-order chi connectivity index (χ1) is 14.1. The van der Waals surface area contributed by atoms with Gasteiger partial charge in [-0.2, -0.15) is 4.73 Å². The number of ether oxygens (including phenoxy) is 1. The second-order valence-electron chi connectivity index (χ2n) is 6.06. The van der Waals surface area contributed by atoms with Crippen molar-refractivity contribution in [2.24, 2.45) is 0 Å². The zero-order valence-electron chi connectivity index (χ0n) is 15.0. The molecule has 0 aliphatic rings. The minimum atomic E-state index is -0.204. The SMILES string of the molecule is O=C(c1ccc(Oc2ccc(On3ccnc3)cc2)cc1)c1cc(Cl)ccc1Cl. The van der Waals surface area contributed by atoms with Crippen LogP contribution in [0.3, 0.4) is 0 Å². The van der Waals surface area contributed by atoms with Crippen LogP contribution >= 0.6 is 23.2 Å². The summed E-state index contributed by atoms with van der Waals surface area (Å²) in [5.74, 6) is 1.68. The van der Waals surface area contributed by atoms with Gasteiger partial charge in [-0.1, -0.05) is 23.2 Å². The van der Waals surface area contributed by atoms with Gasteiger partial charge in [0.2, 0.25) is 0 Å². The molecule has 0 saturated heterocycles. The number of ketones is 1. The maximum Gasteiger partial charge on any atom is 0.194 e. The number of rotatable bonds is 6. The zero-order chi connectivity index (χ0) is 20.2. The molecule has 0 unspecified atom stereocenters. The van der Waals surface area contributed by atoms with Gasteiger partial charge in [0.25, 0.3) is 0 Å². The zero-order valence-corrected chi connectivity index (χ0v) is 16.5. The summed E-state index contributed by atoms with van der Waals surface area (Å²) in [5, 5.41) is 0.816. The Morgan fingerprint density at radius 2 is 1.52 bits per heavy atom. The highest BCUT2D eigenvalue weighted by atomic mass is 35.5. The molecule has 0 saturated carbocycles. The number of carbonyl (C=O) groups is 1. The first kappa shape index (κ1) is 19.1. The number of carbonyl (C=O) groups excluding carboxylic acids is 1. The molecule has 0 atom stereocenters. The molecule has 5 nitrogen and oxygen atoms in total.